The Kier molecular flexibility index (Phi) is 4.95. The second kappa shape index (κ2) is 6.02. The molecule has 1 unspecified atom stereocenters. The molecule has 2 nitrogen and oxygen atoms in total. The van der Waals surface area contributed by atoms with Crippen LogP contribution < -0.4 is 0 Å². The Hall–Kier alpha value is -0.560. The van der Waals surface area contributed by atoms with Crippen LogP contribution in [0.5, 0.6) is 0 Å². The molecule has 0 aliphatic rings. The first-order valence-corrected chi connectivity index (χ1v) is 5.86. The minimum Gasteiger partial charge on any atom is -0.296 e. The van der Waals surface area contributed by atoms with Crippen molar-refractivity contribution < 1.29 is 0 Å². The zero-order valence-electron chi connectivity index (χ0n) is 8.11. The molecule has 0 amide bonds. The molecule has 0 fully saturated rings. The van der Waals surface area contributed by atoms with E-state index in [9.17, 15) is 0 Å². The van der Waals surface area contributed by atoms with Gasteiger partial charge in [-0.3, -0.25) is 4.90 Å². The van der Waals surface area contributed by atoms with Crippen molar-refractivity contribution in [1.82, 2.24) is 4.90 Å². The van der Waals surface area contributed by atoms with Crippen LogP contribution >= 0.6 is 22.9 Å². The van der Waals surface area contributed by atoms with E-state index in [1.165, 1.54) is 4.88 Å². The Morgan fingerprint density at radius 3 is 3.00 bits per heavy atom. The van der Waals surface area contributed by atoms with E-state index in [0.717, 1.165) is 13.1 Å². The van der Waals surface area contributed by atoms with E-state index in [2.05, 4.69) is 23.3 Å². The van der Waals surface area contributed by atoms with Crippen LogP contribution in [-0.2, 0) is 6.54 Å². The van der Waals surface area contributed by atoms with E-state index < -0.39 is 5.38 Å². The minimum atomic E-state index is -0.407. The van der Waals surface area contributed by atoms with Crippen molar-refractivity contribution in [2.24, 2.45) is 0 Å². The Morgan fingerprint density at radius 1 is 1.71 bits per heavy atom. The molecule has 1 aromatic heterocycles. The largest absolute Gasteiger partial charge is 0.296 e. The zero-order chi connectivity index (χ0) is 10.4. The number of hydrogen-bond donors (Lipinski definition) is 0. The third-order valence-electron chi connectivity index (χ3n) is 1.97. The molecule has 0 spiro atoms. The van der Waals surface area contributed by atoms with Crippen molar-refractivity contribution in [3.8, 4) is 6.07 Å². The average molecular weight is 229 g/mol. The van der Waals surface area contributed by atoms with Crippen molar-refractivity contribution in [2.75, 3.05) is 13.1 Å². The van der Waals surface area contributed by atoms with Crippen LogP contribution in [0.1, 0.15) is 11.8 Å². The van der Waals surface area contributed by atoms with E-state index in [4.69, 9.17) is 16.9 Å². The Labute approximate surface area is 93.7 Å². The first kappa shape index (κ1) is 11.5. The van der Waals surface area contributed by atoms with Crippen LogP contribution in [0, 0.1) is 11.3 Å². The van der Waals surface area contributed by atoms with Gasteiger partial charge in [0.05, 0.1) is 6.07 Å². The summed E-state index contributed by atoms with van der Waals surface area (Å²) >= 11 is 7.51. The lowest BCUT2D eigenvalue weighted by Gasteiger charge is -2.19. The van der Waals surface area contributed by atoms with Gasteiger partial charge in [-0.1, -0.05) is 13.0 Å². The molecule has 0 saturated heterocycles. The fourth-order valence-electron chi connectivity index (χ4n) is 1.20. The van der Waals surface area contributed by atoms with E-state index in [1.54, 1.807) is 11.3 Å². The van der Waals surface area contributed by atoms with Crippen molar-refractivity contribution in [3.05, 3.63) is 22.4 Å². The lowest BCUT2D eigenvalue weighted by atomic mass is 10.3. The molecule has 0 aliphatic heterocycles. The standard InChI is InChI=1S/C10H13ClN2S/c1-2-13(7-9(11)6-12)8-10-4-3-5-14-10/h3-5,9H,2,7-8H2,1H3. The topological polar surface area (TPSA) is 27.0 Å². The predicted molar refractivity (Wildman–Crippen MR) is 60.5 cm³/mol. The highest BCUT2D eigenvalue weighted by molar-refractivity contribution is 7.09. The summed E-state index contributed by atoms with van der Waals surface area (Å²) in [7, 11) is 0. The molecule has 0 bridgehead atoms. The molecule has 0 aromatic carbocycles. The number of rotatable bonds is 5. The maximum absolute atomic E-state index is 8.60. The summed E-state index contributed by atoms with van der Waals surface area (Å²) < 4.78 is 0. The molecule has 0 saturated carbocycles. The molecule has 1 rings (SSSR count). The van der Waals surface area contributed by atoms with Crippen molar-refractivity contribution in [1.29, 1.82) is 5.26 Å². The molecule has 0 radical (unpaired) electrons. The first-order chi connectivity index (χ1) is 6.76. The van der Waals surface area contributed by atoms with Crippen molar-refractivity contribution in [3.63, 3.8) is 0 Å². The number of alkyl halides is 1. The average Bonchev–Trinajstić information content (AvgIpc) is 2.69. The van der Waals surface area contributed by atoms with Crippen LogP contribution in [-0.4, -0.2) is 23.4 Å². The Morgan fingerprint density at radius 2 is 2.50 bits per heavy atom. The molecular weight excluding hydrogens is 216 g/mol. The summed E-state index contributed by atoms with van der Waals surface area (Å²) in [4.78, 5) is 3.49. The molecule has 1 atom stereocenters. The number of hydrogen-bond acceptors (Lipinski definition) is 3. The van der Waals surface area contributed by atoms with E-state index >= 15 is 0 Å². The van der Waals surface area contributed by atoms with Gasteiger partial charge in [-0.05, 0) is 18.0 Å². The number of thiophene rings is 1. The summed E-state index contributed by atoms with van der Waals surface area (Å²) in [5, 5.41) is 10.3. The molecule has 4 heteroatoms. The van der Waals surface area contributed by atoms with E-state index in [0.29, 0.717) is 6.54 Å². The highest BCUT2D eigenvalue weighted by Gasteiger charge is 2.10. The highest BCUT2D eigenvalue weighted by Crippen LogP contribution is 2.12. The molecule has 76 valence electrons. The second-order valence-electron chi connectivity index (χ2n) is 3.00. The maximum Gasteiger partial charge on any atom is 0.133 e. The monoisotopic (exact) mass is 228 g/mol. The van der Waals surface area contributed by atoms with Gasteiger partial charge >= 0.3 is 0 Å². The quantitative estimate of drug-likeness (QED) is 0.725. The third kappa shape index (κ3) is 3.67. The number of nitrogens with zero attached hydrogens (tertiary/aromatic N) is 2. The van der Waals surface area contributed by atoms with Gasteiger partial charge in [0.15, 0.2) is 0 Å². The smallest absolute Gasteiger partial charge is 0.133 e. The minimum absolute atomic E-state index is 0.407. The van der Waals surface area contributed by atoms with Crippen molar-refractivity contribution >= 4 is 22.9 Å². The summed E-state index contributed by atoms with van der Waals surface area (Å²) in [6.45, 7) is 4.52. The molecule has 0 N–H and O–H groups in total. The van der Waals surface area contributed by atoms with Gasteiger partial charge in [-0.25, -0.2) is 0 Å². The number of nitriles is 1. The molecule has 14 heavy (non-hydrogen) atoms. The second-order valence-corrected chi connectivity index (χ2v) is 4.56. The fraction of sp³-hybridized carbons (Fsp3) is 0.500. The first-order valence-electron chi connectivity index (χ1n) is 4.54. The SMILES string of the molecule is CCN(Cc1cccs1)CC(Cl)C#N. The molecule has 1 aromatic rings. The van der Waals surface area contributed by atoms with Gasteiger partial charge in [0.25, 0.3) is 0 Å². The Bertz CT molecular complexity index is 292. The lowest BCUT2D eigenvalue weighted by molar-refractivity contribution is 0.291. The van der Waals surface area contributed by atoms with Crippen LogP contribution in [0.4, 0.5) is 0 Å². The van der Waals surface area contributed by atoms with Crippen LogP contribution in [0.15, 0.2) is 17.5 Å². The van der Waals surface area contributed by atoms with Gasteiger partial charge in [0, 0.05) is 18.0 Å². The van der Waals surface area contributed by atoms with Crippen molar-refractivity contribution in [2.45, 2.75) is 18.8 Å². The lowest BCUT2D eigenvalue weighted by Crippen LogP contribution is -2.28. The highest BCUT2D eigenvalue weighted by atomic mass is 35.5. The molecule has 0 aliphatic carbocycles. The van der Waals surface area contributed by atoms with E-state index in [1.807, 2.05) is 12.1 Å². The summed E-state index contributed by atoms with van der Waals surface area (Å²) in [6.07, 6.45) is 0. The number of halogens is 1. The molecule has 1 heterocycles. The zero-order valence-corrected chi connectivity index (χ0v) is 9.68. The van der Waals surface area contributed by atoms with E-state index in [-0.39, 0.29) is 0 Å². The van der Waals surface area contributed by atoms with Gasteiger partial charge in [0.1, 0.15) is 5.38 Å². The van der Waals surface area contributed by atoms with Crippen LogP contribution in [0.25, 0.3) is 0 Å². The van der Waals surface area contributed by atoms with Gasteiger partial charge in [0.2, 0.25) is 0 Å². The summed E-state index contributed by atoms with van der Waals surface area (Å²) in [5.41, 5.74) is 0. The summed E-state index contributed by atoms with van der Waals surface area (Å²) in [5.74, 6) is 0. The third-order valence-corrected chi connectivity index (χ3v) is 3.06. The van der Waals surface area contributed by atoms with Gasteiger partial charge < -0.3 is 0 Å². The predicted octanol–water partition coefficient (Wildman–Crippen LogP) is 2.70. The Balaban J connectivity index is 2.44. The van der Waals surface area contributed by atoms with Gasteiger partial charge in [-0.2, -0.15) is 5.26 Å². The van der Waals surface area contributed by atoms with Crippen LogP contribution in [0.2, 0.25) is 0 Å². The summed E-state index contributed by atoms with van der Waals surface area (Å²) in [6, 6.07) is 6.17. The van der Waals surface area contributed by atoms with Gasteiger partial charge in [-0.15, -0.1) is 22.9 Å². The van der Waals surface area contributed by atoms with Crippen LogP contribution in [0.3, 0.4) is 0 Å². The maximum atomic E-state index is 8.60. The fourth-order valence-corrected chi connectivity index (χ4v) is 2.14. The normalized spacial score (nSPS) is 12.7. The molecular formula is C10H13ClN2S.